The van der Waals surface area contributed by atoms with Crippen molar-refractivity contribution in [3.63, 3.8) is 0 Å². The molecular weight excluding hydrogens is 385 g/mol. The molecule has 1 amide bonds. The number of nitriles is 1. The van der Waals surface area contributed by atoms with Crippen molar-refractivity contribution in [1.29, 1.82) is 5.26 Å². The van der Waals surface area contributed by atoms with Gasteiger partial charge < -0.3 is 15.8 Å². The van der Waals surface area contributed by atoms with Gasteiger partial charge in [-0.05, 0) is 43.3 Å². The first-order valence-corrected chi connectivity index (χ1v) is 9.01. The fraction of sp³-hybridized carbons (Fsp3) is 0.0909. The van der Waals surface area contributed by atoms with Crippen molar-refractivity contribution < 1.29 is 13.9 Å². The van der Waals surface area contributed by atoms with Gasteiger partial charge in [0.1, 0.15) is 28.9 Å². The standard InChI is InChI=1S/C22H16FN5O2/c1-22(15-4-2-3-5-19(15)30-21(25)28-22)16-10-14(7-8-17(16)23)27-20(29)18-9-6-13(11-24)12-26-18/h2-10,12H,1H3,(H2,25,28)(H,27,29). The van der Waals surface area contributed by atoms with Gasteiger partial charge in [-0.1, -0.05) is 18.2 Å². The lowest BCUT2D eigenvalue weighted by Crippen LogP contribution is -2.35. The van der Waals surface area contributed by atoms with Gasteiger partial charge in [-0.25, -0.2) is 14.4 Å². The average Bonchev–Trinajstić information content (AvgIpc) is 2.75. The minimum Gasteiger partial charge on any atom is -0.426 e. The highest BCUT2D eigenvalue weighted by Gasteiger charge is 2.37. The average molecular weight is 401 g/mol. The maximum Gasteiger partial charge on any atom is 0.288 e. The van der Waals surface area contributed by atoms with E-state index in [0.717, 1.165) is 0 Å². The van der Waals surface area contributed by atoms with Crippen LogP contribution in [0.2, 0.25) is 0 Å². The van der Waals surface area contributed by atoms with Gasteiger partial charge in [0.2, 0.25) is 0 Å². The monoisotopic (exact) mass is 401 g/mol. The summed E-state index contributed by atoms with van der Waals surface area (Å²) in [6.45, 7) is 1.73. The van der Waals surface area contributed by atoms with E-state index in [2.05, 4.69) is 15.3 Å². The van der Waals surface area contributed by atoms with E-state index in [1.165, 1.54) is 36.5 Å². The Balaban J connectivity index is 1.71. The minimum atomic E-state index is -1.14. The molecule has 1 unspecified atom stereocenters. The fourth-order valence-electron chi connectivity index (χ4n) is 3.34. The second-order valence-corrected chi connectivity index (χ2v) is 6.81. The van der Waals surface area contributed by atoms with Crippen LogP contribution in [-0.4, -0.2) is 16.9 Å². The van der Waals surface area contributed by atoms with Crippen molar-refractivity contribution in [2.45, 2.75) is 12.5 Å². The number of hydrogen-bond acceptors (Lipinski definition) is 6. The Kier molecular flexibility index (Phi) is 4.64. The number of pyridine rings is 1. The second-order valence-electron chi connectivity index (χ2n) is 6.81. The van der Waals surface area contributed by atoms with Gasteiger partial charge in [0.25, 0.3) is 11.9 Å². The number of nitrogens with one attached hydrogen (secondary N) is 1. The first-order valence-electron chi connectivity index (χ1n) is 9.01. The Morgan fingerprint density at radius 3 is 2.73 bits per heavy atom. The Hall–Kier alpha value is -4.25. The first-order chi connectivity index (χ1) is 14.4. The maximum atomic E-state index is 14.9. The second kappa shape index (κ2) is 7.29. The molecule has 1 aliphatic rings. The number of para-hydroxylation sites is 1. The van der Waals surface area contributed by atoms with Crippen LogP contribution < -0.4 is 15.8 Å². The summed E-state index contributed by atoms with van der Waals surface area (Å²) in [6.07, 6.45) is 1.31. The molecule has 4 rings (SSSR count). The number of nitrogens with zero attached hydrogens (tertiary/aromatic N) is 3. The quantitative estimate of drug-likeness (QED) is 0.699. The lowest BCUT2D eigenvalue weighted by atomic mass is 9.83. The largest absolute Gasteiger partial charge is 0.426 e. The number of hydrogen-bond donors (Lipinski definition) is 2. The highest BCUT2D eigenvalue weighted by Crippen LogP contribution is 2.42. The Labute approximate surface area is 171 Å². The van der Waals surface area contributed by atoms with Gasteiger partial charge in [0, 0.05) is 23.0 Å². The highest BCUT2D eigenvalue weighted by atomic mass is 19.1. The number of aliphatic imine (C=N–C) groups is 1. The van der Waals surface area contributed by atoms with Crippen LogP contribution in [0.5, 0.6) is 5.75 Å². The zero-order valence-electron chi connectivity index (χ0n) is 15.9. The van der Waals surface area contributed by atoms with Crippen LogP contribution in [0.1, 0.15) is 34.1 Å². The third kappa shape index (κ3) is 3.33. The van der Waals surface area contributed by atoms with E-state index in [-0.39, 0.29) is 17.3 Å². The molecule has 2 heterocycles. The van der Waals surface area contributed by atoms with Crippen LogP contribution in [0, 0.1) is 17.1 Å². The summed E-state index contributed by atoms with van der Waals surface area (Å²) in [5.41, 5.74) is 6.41. The smallest absolute Gasteiger partial charge is 0.288 e. The third-order valence-corrected chi connectivity index (χ3v) is 4.83. The molecule has 3 aromatic rings. The zero-order valence-corrected chi connectivity index (χ0v) is 15.9. The molecule has 7 nitrogen and oxygen atoms in total. The number of ether oxygens (including phenoxy) is 1. The van der Waals surface area contributed by atoms with Gasteiger partial charge in [-0.3, -0.25) is 4.79 Å². The summed E-state index contributed by atoms with van der Waals surface area (Å²) in [7, 11) is 0. The minimum absolute atomic E-state index is 0.0770. The molecule has 1 atom stereocenters. The van der Waals surface area contributed by atoms with E-state index < -0.39 is 17.3 Å². The van der Waals surface area contributed by atoms with Crippen LogP contribution in [0.3, 0.4) is 0 Å². The molecule has 30 heavy (non-hydrogen) atoms. The van der Waals surface area contributed by atoms with Crippen molar-refractivity contribution in [3.05, 3.63) is 89.0 Å². The highest BCUT2D eigenvalue weighted by molar-refractivity contribution is 6.02. The molecule has 8 heteroatoms. The molecule has 0 radical (unpaired) electrons. The number of rotatable bonds is 3. The number of amidine groups is 1. The van der Waals surface area contributed by atoms with E-state index in [4.69, 9.17) is 15.7 Å². The molecule has 0 spiro atoms. The van der Waals surface area contributed by atoms with Crippen LogP contribution >= 0.6 is 0 Å². The van der Waals surface area contributed by atoms with E-state index >= 15 is 0 Å². The normalized spacial score (nSPS) is 17.2. The first kappa shape index (κ1) is 19.1. The topological polar surface area (TPSA) is 113 Å². The fourth-order valence-corrected chi connectivity index (χ4v) is 3.34. The molecule has 0 aliphatic carbocycles. The van der Waals surface area contributed by atoms with Gasteiger partial charge in [0.15, 0.2) is 0 Å². The number of halogens is 1. The summed E-state index contributed by atoms with van der Waals surface area (Å²) in [6, 6.07) is 16.1. The number of anilines is 1. The van der Waals surface area contributed by atoms with Crippen LogP contribution in [0.15, 0.2) is 65.8 Å². The van der Waals surface area contributed by atoms with E-state index in [9.17, 15) is 9.18 Å². The number of amides is 1. The third-order valence-electron chi connectivity index (χ3n) is 4.83. The summed E-state index contributed by atoms with van der Waals surface area (Å²) in [5, 5.41) is 11.5. The van der Waals surface area contributed by atoms with Gasteiger partial charge in [-0.15, -0.1) is 0 Å². The lowest BCUT2D eigenvalue weighted by Gasteiger charge is -2.32. The van der Waals surface area contributed by atoms with Crippen molar-refractivity contribution in [1.82, 2.24) is 4.98 Å². The number of carbonyl (C=O) groups is 1. The Bertz CT molecular complexity index is 1220. The molecule has 3 N–H and O–H groups in total. The summed E-state index contributed by atoms with van der Waals surface area (Å²) >= 11 is 0. The SMILES string of the molecule is CC1(c2cc(NC(=O)c3ccc(C#N)cn3)ccc2F)N=C(N)Oc2ccccc21. The van der Waals surface area contributed by atoms with Gasteiger partial charge in [-0.2, -0.15) is 5.26 Å². The van der Waals surface area contributed by atoms with Crippen molar-refractivity contribution in [2.24, 2.45) is 10.7 Å². The molecular formula is C22H16FN5O2. The molecule has 148 valence electrons. The molecule has 1 aliphatic heterocycles. The van der Waals surface area contributed by atoms with Crippen LogP contribution in [-0.2, 0) is 5.54 Å². The van der Waals surface area contributed by atoms with Crippen LogP contribution in [0.25, 0.3) is 0 Å². The summed E-state index contributed by atoms with van der Waals surface area (Å²) in [4.78, 5) is 20.8. The van der Waals surface area contributed by atoms with Gasteiger partial charge >= 0.3 is 0 Å². The predicted molar refractivity (Wildman–Crippen MR) is 108 cm³/mol. The Morgan fingerprint density at radius 1 is 1.20 bits per heavy atom. The zero-order chi connectivity index (χ0) is 21.3. The lowest BCUT2D eigenvalue weighted by molar-refractivity contribution is 0.102. The van der Waals surface area contributed by atoms with E-state index in [0.29, 0.717) is 22.6 Å². The number of fused-ring (bicyclic) bond motifs is 1. The molecule has 0 fully saturated rings. The van der Waals surface area contributed by atoms with E-state index in [1.807, 2.05) is 6.07 Å². The van der Waals surface area contributed by atoms with Crippen molar-refractivity contribution in [3.8, 4) is 11.8 Å². The number of benzene rings is 2. The molecule has 0 saturated heterocycles. The summed E-state index contributed by atoms with van der Waals surface area (Å²) < 4.78 is 20.3. The Morgan fingerprint density at radius 2 is 2.00 bits per heavy atom. The number of nitrogens with two attached hydrogens (primary N) is 1. The molecule has 2 aromatic carbocycles. The van der Waals surface area contributed by atoms with Crippen LogP contribution in [0.4, 0.5) is 10.1 Å². The molecule has 0 bridgehead atoms. The predicted octanol–water partition coefficient (Wildman–Crippen LogP) is 3.32. The van der Waals surface area contributed by atoms with Gasteiger partial charge in [0.05, 0.1) is 5.56 Å². The molecule has 1 aromatic heterocycles. The maximum absolute atomic E-state index is 14.9. The van der Waals surface area contributed by atoms with Crippen molar-refractivity contribution in [2.75, 3.05) is 5.32 Å². The molecule has 0 saturated carbocycles. The van der Waals surface area contributed by atoms with E-state index in [1.54, 1.807) is 31.2 Å². The number of carbonyl (C=O) groups excluding carboxylic acids is 1. The summed E-state index contributed by atoms with van der Waals surface area (Å²) in [5.74, 6) is -0.499. The number of aromatic nitrogens is 1. The van der Waals surface area contributed by atoms with Crippen molar-refractivity contribution >= 4 is 17.6 Å².